The van der Waals surface area contributed by atoms with Crippen molar-refractivity contribution in [1.29, 1.82) is 0 Å². The number of hydrogen-bond acceptors (Lipinski definition) is 2. The molecule has 1 heterocycles. The van der Waals surface area contributed by atoms with Gasteiger partial charge in [0.2, 0.25) is 5.91 Å². The van der Waals surface area contributed by atoms with Gasteiger partial charge in [-0.2, -0.15) is 0 Å². The lowest BCUT2D eigenvalue weighted by Gasteiger charge is -2.32. The van der Waals surface area contributed by atoms with Gasteiger partial charge in [0.05, 0.1) is 0 Å². The minimum absolute atomic E-state index is 0.00442. The molecular formula is C18H24N2O3. The van der Waals surface area contributed by atoms with Gasteiger partial charge in [-0.1, -0.05) is 49.6 Å². The summed E-state index contributed by atoms with van der Waals surface area (Å²) in [6.07, 6.45) is 5.30. The van der Waals surface area contributed by atoms with Gasteiger partial charge in [0, 0.05) is 19.1 Å². The van der Waals surface area contributed by atoms with Gasteiger partial charge in [-0.3, -0.25) is 9.69 Å². The number of carbonyl (C=O) groups is 2. The number of nitrogens with zero attached hydrogens (tertiary/aromatic N) is 2. The van der Waals surface area contributed by atoms with Crippen molar-refractivity contribution in [3.05, 3.63) is 35.9 Å². The Morgan fingerprint density at radius 3 is 2.48 bits per heavy atom. The molecule has 1 N–H and O–H groups in total. The predicted molar refractivity (Wildman–Crippen MR) is 87.0 cm³/mol. The van der Waals surface area contributed by atoms with E-state index >= 15 is 0 Å². The van der Waals surface area contributed by atoms with Gasteiger partial charge in [0.1, 0.15) is 6.04 Å². The molecule has 5 nitrogen and oxygen atoms in total. The second-order valence-electron chi connectivity index (χ2n) is 6.52. The van der Waals surface area contributed by atoms with Crippen LogP contribution in [0.3, 0.4) is 0 Å². The standard InChI is InChI=1S/C18H24N2O3/c21-17-16(11-12-19(17)15-9-5-2-6-10-15)20(18(22)23)13-14-7-3-1-4-8-14/h1,3-4,7-8,15-16H,2,5-6,9-13H2,(H,22,23). The fraction of sp³-hybridized carbons (Fsp3) is 0.556. The first-order valence-corrected chi connectivity index (χ1v) is 8.51. The van der Waals surface area contributed by atoms with Crippen molar-refractivity contribution in [2.75, 3.05) is 6.54 Å². The Morgan fingerprint density at radius 2 is 1.83 bits per heavy atom. The lowest BCUT2D eigenvalue weighted by atomic mass is 9.94. The molecule has 3 rings (SSSR count). The van der Waals surface area contributed by atoms with Crippen molar-refractivity contribution in [2.24, 2.45) is 0 Å². The van der Waals surface area contributed by atoms with Gasteiger partial charge in [-0.05, 0) is 24.8 Å². The molecule has 0 spiro atoms. The lowest BCUT2D eigenvalue weighted by Crippen LogP contribution is -2.46. The van der Waals surface area contributed by atoms with E-state index in [2.05, 4.69) is 0 Å². The maximum absolute atomic E-state index is 12.8. The number of likely N-dealkylation sites (tertiary alicyclic amines) is 1. The molecule has 2 aliphatic rings. The van der Waals surface area contributed by atoms with E-state index in [4.69, 9.17) is 0 Å². The zero-order valence-electron chi connectivity index (χ0n) is 13.4. The van der Waals surface area contributed by atoms with Crippen molar-refractivity contribution >= 4 is 12.0 Å². The lowest BCUT2D eigenvalue weighted by molar-refractivity contribution is -0.134. The smallest absolute Gasteiger partial charge is 0.408 e. The van der Waals surface area contributed by atoms with Crippen LogP contribution < -0.4 is 0 Å². The average Bonchev–Trinajstić information content (AvgIpc) is 2.95. The molecule has 124 valence electrons. The fourth-order valence-corrected chi connectivity index (χ4v) is 3.82. The van der Waals surface area contributed by atoms with Gasteiger partial charge in [0.25, 0.3) is 0 Å². The highest BCUT2D eigenvalue weighted by Crippen LogP contribution is 2.28. The summed E-state index contributed by atoms with van der Waals surface area (Å²) in [5.41, 5.74) is 0.916. The molecule has 1 aromatic carbocycles. The summed E-state index contributed by atoms with van der Waals surface area (Å²) in [6.45, 7) is 0.956. The van der Waals surface area contributed by atoms with Crippen LogP contribution in [0, 0.1) is 0 Å². The van der Waals surface area contributed by atoms with Gasteiger partial charge < -0.3 is 10.0 Å². The molecule has 1 aromatic rings. The molecule has 1 saturated heterocycles. The monoisotopic (exact) mass is 316 g/mol. The highest BCUT2D eigenvalue weighted by molar-refractivity contribution is 5.87. The van der Waals surface area contributed by atoms with Crippen molar-refractivity contribution in [2.45, 2.75) is 57.2 Å². The van der Waals surface area contributed by atoms with Crippen LogP contribution in [0.15, 0.2) is 30.3 Å². The number of carboxylic acid groups (broad SMARTS) is 1. The van der Waals surface area contributed by atoms with E-state index in [-0.39, 0.29) is 12.5 Å². The second kappa shape index (κ2) is 7.02. The largest absolute Gasteiger partial charge is 0.465 e. The van der Waals surface area contributed by atoms with E-state index < -0.39 is 12.1 Å². The first-order valence-electron chi connectivity index (χ1n) is 8.51. The van der Waals surface area contributed by atoms with Crippen LogP contribution in [0.4, 0.5) is 4.79 Å². The summed E-state index contributed by atoms with van der Waals surface area (Å²) in [7, 11) is 0. The Hall–Kier alpha value is -2.04. The van der Waals surface area contributed by atoms with E-state index in [1.165, 1.54) is 24.2 Å². The maximum Gasteiger partial charge on any atom is 0.408 e. The van der Waals surface area contributed by atoms with Gasteiger partial charge in [-0.25, -0.2) is 4.79 Å². The van der Waals surface area contributed by atoms with Crippen LogP contribution in [0.1, 0.15) is 44.1 Å². The first-order chi connectivity index (χ1) is 11.2. The van der Waals surface area contributed by atoms with Crippen LogP contribution in [-0.2, 0) is 11.3 Å². The highest BCUT2D eigenvalue weighted by atomic mass is 16.4. The minimum atomic E-state index is -1.02. The normalized spacial score (nSPS) is 22.3. The third-order valence-electron chi connectivity index (χ3n) is 5.04. The number of amides is 2. The number of carbonyl (C=O) groups excluding carboxylic acids is 1. The van der Waals surface area contributed by atoms with E-state index in [0.717, 1.165) is 18.4 Å². The molecule has 1 aliphatic heterocycles. The van der Waals surface area contributed by atoms with E-state index in [1.54, 1.807) is 0 Å². The molecule has 1 atom stereocenters. The molecule has 2 amide bonds. The molecule has 1 aliphatic carbocycles. The third-order valence-corrected chi connectivity index (χ3v) is 5.04. The average molecular weight is 316 g/mol. The predicted octanol–water partition coefficient (Wildman–Crippen LogP) is 3.10. The number of rotatable bonds is 4. The van der Waals surface area contributed by atoms with Crippen molar-refractivity contribution in [3.63, 3.8) is 0 Å². The second-order valence-corrected chi connectivity index (χ2v) is 6.52. The molecule has 0 radical (unpaired) electrons. The highest BCUT2D eigenvalue weighted by Gasteiger charge is 2.41. The zero-order chi connectivity index (χ0) is 16.2. The van der Waals surface area contributed by atoms with E-state index in [1.807, 2.05) is 35.2 Å². The maximum atomic E-state index is 12.8. The summed E-state index contributed by atoms with van der Waals surface area (Å²) in [6, 6.07) is 9.26. The molecule has 1 saturated carbocycles. The Kier molecular flexibility index (Phi) is 4.84. The van der Waals surface area contributed by atoms with Crippen LogP contribution in [0.5, 0.6) is 0 Å². The molecule has 0 aromatic heterocycles. The van der Waals surface area contributed by atoms with Crippen molar-refractivity contribution in [3.8, 4) is 0 Å². The molecule has 1 unspecified atom stereocenters. The Morgan fingerprint density at radius 1 is 1.13 bits per heavy atom. The third kappa shape index (κ3) is 3.49. The van der Waals surface area contributed by atoms with Crippen LogP contribution >= 0.6 is 0 Å². The molecule has 23 heavy (non-hydrogen) atoms. The summed E-state index contributed by atoms with van der Waals surface area (Å²) in [5.74, 6) is -0.00442. The first kappa shape index (κ1) is 15.8. The molecule has 0 bridgehead atoms. The van der Waals surface area contributed by atoms with E-state index in [9.17, 15) is 14.7 Å². The Bertz CT molecular complexity index is 555. The van der Waals surface area contributed by atoms with Crippen molar-refractivity contribution < 1.29 is 14.7 Å². The summed E-state index contributed by atoms with van der Waals surface area (Å²) < 4.78 is 0. The SMILES string of the molecule is O=C1C(N(Cc2ccccc2)C(=O)O)CCN1C1CCCCC1. The zero-order valence-corrected chi connectivity index (χ0v) is 13.4. The van der Waals surface area contributed by atoms with Gasteiger partial charge >= 0.3 is 6.09 Å². The van der Waals surface area contributed by atoms with Crippen LogP contribution in [-0.4, -0.2) is 45.5 Å². The Labute approximate surface area is 136 Å². The van der Waals surface area contributed by atoms with Gasteiger partial charge in [0.15, 0.2) is 0 Å². The number of benzene rings is 1. The molecular weight excluding hydrogens is 292 g/mol. The summed E-state index contributed by atoms with van der Waals surface area (Å²) >= 11 is 0. The quantitative estimate of drug-likeness (QED) is 0.928. The summed E-state index contributed by atoms with van der Waals surface area (Å²) in [4.78, 5) is 27.7. The van der Waals surface area contributed by atoms with E-state index in [0.29, 0.717) is 19.0 Å². The minimum Gasteiger partial charge on any atom is -0.465 e. The number of hydrogen-bond donors (Lipinski definition) is 1. The van der Waals surface area contributed by atoms with Crippen LogP contribution in [0.2, 0.25) is 0 Å². The fourth-order valence-electron chi connectivity index (χ4n) is 3.82. The summed E-state index contributed by atoms with van der Waals surface area (Å²) in [5, 5.41) is 9.56. The Balaban J connectivity index is 1.70. The van der Waals surface area contributed by atoms with Gasteiger partial charge in [-0.15, -0.1) is 0 Å². The molecule has 2 fully saturated rings. The van der Waals surface area contributed by atoms with Crippen LogP contribution in [0.25, 0.3) is 0 Å². The van der Waals surface area contributed by atoms with Crippen molar-refractivity contribution in [1.82, 2.24) is 9.80 Å². The topological polar surface area (TPSA) is 60.9 Å². The molecule has 5 heteroatoms.